The van der Waals surface area contributed by atoms with Gasteiger partial charge in [0, 0.05) is 16.5 Å². The zero-order chi connectivity index (χ0) is 12.3. The smallest absolute Gasteiger partial charge is 0.103 e. The first-order valence-electron chi connectivity index (χ1n) is 6.29. The highest BCUT2D eigenvalue weighted by atomic mass is 32.1. The Bertz CT molecular complexity index is 469. The second-order valence-electron chi connectivity index (χ2n) is 4.24. The summed E-state index contributed by atoms with van der Waals surface area (Å²) < 4.78 is 0. The maximum Gasteiger partial charge on any atom is 0.103 e. The highest BCUT2D eigenvalue weighted by molar-refractivity contribution is 7.09. The minimum absolute atomic E-state index is 0.264. The fraction of sp³-hybridized carbons (Fsp3) is 0.400. The summed E-state index contributed by atoms with van der Waals surface area (Å²) in [7, 11) is 0. The Balaban J connectivity index is 0.000000514. The van der Waals surface area contributed by atoms with E-state index in [1.165, 1.54) is 23.4 Å². The predicted molar refractivity (Wildman–Crippen MR) is 74.7 cm³/mol. The second kappa shape index (κ2) is 5.01. The highest BCUT2D eigenvalue weighted by Crippen LogP contribution is 2.54. The van der Waals surface area contributed by atoms with Crippen molar-refractivity contribution in [1.82, 2.24) is 4.98 Å². The molecule has 2 heteroatoms. The highest BCUT2D eigenvalue weighted by Gasteiger charge is 2.48. The summed E-state index contributed by atoms with van der Waals surface area (Å²) in [5, 5.41) is 3.45. The van der Waals surface area contributed by atoms with Gasteiger partial charge in [-0.1, -0.05) is 44.2 Å². The van der Waals surface area contributed by atoms with Crippen LogP contribution in [0.15, 0.2) is 35.7 Å². The molecule has 0 radical (unpaired) electrons. The fourth-order valence-corrected chi connectivity index (χ4v) is 3.16. The van der Waals surface area contributed by atoms with Crippen molar-refractivity contribution in [3.63, 3.8) is 0 Å². The Kier molecular flexibility index (Phi) is 3.63. The van der Waals surface area contributed by atoms with E-state index in [0.29, 0.717) is 0 Å². The Morgan fingerprint density at radius 2 is 1.76 bits per heavy atom. The van der Waals surface area contributed by atoms with Gasteiger partial charge >= 0.3 is 0 Å². The molecular formula is C15H19NS. The maximum absolute atomic E-state index is 4.64. The Morgan fingerprint density at radius 3 is 2.24 bits per heavy atom. The third kappa shape index (κ3) is 2.27. The van der Waals surface area contributed by atoms with E-state index >= 15 is 0 Å². The van der Waals surface area contributed by atoms with Crippen molar-refractivity contribution in [3.8, 4) is 0 Å². The molecule has 0 aliphatic heterocycles. The lowest BCUT2D eigenvalue weighted by Gasteiger charge is -2.11. The number of hydrogen-bond acceptors (Lipinski definition) is 2. The van der Waals surface area contributed by atoms with Crippen molar-refractivity contribution in [2.24, 2.45) is 0 Å². The van der Waals surface area contributed by atoms with Gasteiger partial charge in [-0.15, -0.1) is 11.3 Å². The molecule has 1 aliphatic carbocycles. The fourth-order valence-electron chi connectivity index (χ4n) is 2.08. The molecule has 1 aliphatic rings. The molecule has 1 aromatic heterocycles. The number of hydrogen-bond donors (Lipinski definition) is 0. The molecule has 0 spiro atoms. The molecule has 0 unspecified atom stereocenters. The van der Waals surface area contributed by atoms with Crippen LogP contribution >= 0.6 is 11.3 Å². The predicted octanol–water partition coefficient (Wildman–Crippen LogP) is 4.56. The number of rotatable bonds is 2. The average Bonchev–Trinajstić information content (AvgIpc) is 3.10. The quantitative estimate of drug-likeness (QED) is 0.756. The molecular weight excluding hydrogens is 226 g/mol. The minimum atomic E-state index is 0.264. The van der Waals surface area contributed by atoms with E-state index in [2.05, 4.69) is 47.6 Å². The van der Waals surface area contributed by atoms with E-state index in [4.69, 9.17) is 0 Å². The molecule has 17 heavy (non-hydrogen) atoms. The van der Waals surface area contributed by atoms with E-state index in [1.54, 1.807) is 11.3 Å². The van der Waals surface area contributed by atoms with E-state index < -0.39 is 0 Å². The topological polar surface area (TPSA) is 12.9 Å². The molecule has 1 heterocycles. The lowest BCUT2D eigenvalue weighted by molar-refractivity contribution is 0.828. The van der Waals surface area contributed by atoms with Crippen LogP contribution in [-0.4, -0.2) is 4.98 Å². The lowest BCUT2D eigenvalue weighted by atomic mass is 9.97. The zero-order valence-electron chi connectivity index (χ0n) is 10.7. The van der Waals surface area contributed by atoms with Gasteiger partial charge in [0.15, 0.2) is 0 Å². The monoisotopic (exact) mass is 245 g/mol. The normalized spacial score (nSPS) is 15.9. The van der Waals surface area contributed by atoms with Crippen LogP contribution in [0.3, 0.4) is 0 Å². The van der Waals surface area contributed by atoms with Crippen LogP contribution in [0.4, 0.5) is 0 Å². The number of nitrogens with zero attached hydrogens (tertiary/aromatic N) is 1. The SMILES string of the molecule is CC.Cc1csc(C2(c3ccccc3)CC2)n1. The molecule has 0 N–H and O–H groups in total. The molecule has 0 atom stereocenters. The maximum atomic E-state index is 4.64. The van der Waals surface area contributed by atoms with Gasteiger partial charge in [0.2, 0.25) is 0 Å². The molecule has 0 saturated heterocycles. The van der Waals surface area contributed by atoms with Gasteiger partial charge in [0.25, 0.3) is 0 Å². The van der Waals surface area contributed by atoms with Crippen molar-refractivity contribution < 1.29 is 0 Å². The van der Waals surface area contributed by atoms with E-state index in [-0.39, 0.29) is 5.41 Å². The van der Waals surface area contributed by atoms with Crippen LogP contribution in [0.25, 0.3) is 0 Å². The van der Waals surface area contributed by atoms with Crippen LogP contribution in [0.2, 0.25) is 0 Å². The first kappa shape index (κ1) is 12.3. The van der Waals surface area contributed by atoms with Crippen molar-refractivity contribution >= 4 is 11.3 Å². The molecule has 0 bridgehead atoms. The van der Waals surface area contributed by atoms with Crippen LogP contribution in [0, 0.1) is 6.92 Å². The van der Waals surface area contributed by atoms with Gasteiger partial charge in [0.05, 0.1) is 0 Å². The summed E-state index contributed by atoms with van der Waals surface area (Å²) in [4.78, 5) is 4.64. The van der Waals surface area contributed by atoms with Crippen molar-refractivity contribution in [1.29, 1.82) is 0 Å². The average molecular weight is 245 g/mol. The molecule has 1 fully saturated rings. The van der Waals surface area contributed by atoms with E-state index in [0.717, 1.165) is 5.69 Å². The number of aryl methyl sites for hydroxylation is 1. The van der Waals surface area contributed by atoms with Gasteiger partial charge in [-0.3, -0.25) is 0 Å². The van der Waals surface area contributed by atoms with Crippen LogP contribution in [0.5, 0.6) is 0 Å². The Hall–Kier alpha value is -1.15. The largest absolute Gasteiger partial charge is 0.246 e. The molecule has 2 aromatic rings. The van der Waals surface area contributed by atoms with Gasteiger partial charge < -0.3 is 0 Å². The number of aromatic nitrogens is 1. The van der Waals surface area contributed by atoms with Crippen LogP contribution < -0.4 is 0 Å². The summed E-state index contributed by atoms with van der Waals surface area (Å²) in [5.41, 5.74) is 2.84. The molecule has 3 rings (SSSR count). The standard InChI is InChI=1S/C13H13NS.C2H6/c1-10-9-15-12(14-10)13(7-8-13)11-5-3-2-4-6-11;1-2/h2-6,9H,7-8H2,1H3;1-2H3. The molecule has 1 nitrogen and oxygen atoms in total. The van der Waals surface area contributed by atoms with Gasteiger partial charge in [-0.25, -0.2) is 4.98 Å². The van der Waals surface area contributed by atoms with Crippen molar-refractivity contribution in [2.45, 2.75) is 39.0 Å². The minimum Gasteiger partial charge on any atom is -0.246 e. The van der Waals surface area contributed by atoms with Crippen molar-refractivity contribution in [3.05, 3.63) is 52.0 Å². The summed E-state index contributed by atoms with van der Waals surface area (Å²) in [6.45, 7) is 6.07. The summed E-state index contributed by atoms with van der Waals surface area (Å²) in [5.74, 6) is 0. The van der Waals surface area contributed by atoms with Gasteiger partial charge in [-0.2, -0.15) is 0 Å². The van der Waals surface area contributed by atoms with Gasteiger partial charge in [0.1, 0.15) is 5.01 Å². The van der Waals surface area contributed by atoms with Crippen LogP contribution in [-0.2, 0) is 5.41 Å². The molecule has 0 amide bonds. The van der Waals surface area contributed by atoms with Gasteiger partial charge in [-0.05, 0) is 25.3 Å². The van der Waals surface area contributed by atoms with E-state index in [9.17, 15) is 0 Å². The number of benzene rings is 1. The van der Waals surface area contributed by atoms with Crippen LogP contribution in [0.1, 0.15) is 43.0 Å². The zero-order valence-corrected chi connectivity index (χ0v) is 11.6. The lowest BCUT2D eigenvalue weighted by Crippen LogP contribution is -2.07. The summed E-state index contributed by atoms with van der Waals surface area (Å²) in [6.07, 6.45) is 2.51. The second-order valence-corrected chi connectivity index (χ2v) is 5.10. The Labute approximate surface area is 108 Å². The Morgan fingerprint density at radius 1 is 1.12 bits per heavy atom. The van der Waals surface area contributed by atoms with E-state index in [1.807, 2.05) is 13.8 Å². The van der Waals surface area contributed by atoms with Crippen molar-refractivity contribution in [2.75, 3.05) is 0 Å². The first-order valence-corrected chi connectivity index (χ1v) is 7.17. The molecule has 90 valence electrons. The summed E-state index contributed by atoms with van der Waals surface area (Å²) in [6, 6.07) is 10.8. The third-order valence-electron chi connectivity index (χ3n) is 3.10. The third-order valence-corrected chi connectivity index (χ3v) is 4.27. The summed E-state index contributed by atoms with van der Waals surface area (Å²) >= 11 is 1.80. The first-order chi connectivity index (χ1) is 8.31. The number of thiazole rings is 1. The molecule has 1 aromatic carbocycles. The molecule has 1 saturated carbocycles.